The quantitative estimate of drug-likeness (QED) is 0.870. The highest BCUT2D eigenvalue weighted by molar-refractivity contribution is 5.94. The van der Waals surface area contributed by atoms with Crippen LogP contribution in [0.3, 0.4) is 0 Å². The smallest absolute Gasteiger partial charge is 0.325 e. The second kappa shape index (κ2) is 4.50. The van der Waals surface area contributed by atoms with Crippen LogP contribution in [0.25, 0.3) is 0 Å². The number of anilines is 1. The van der Waals surface area contributed by atoms with E-state index in [-0.39, 0.29) is 12.1 Å². The van der Waals surface area contributed by atoms with Gasteiger partial charge in [0.25, 0.3) is 0 Å². The van der Waals surface area contributed by atoms with E-state index >= 15 is 0 Å². The Labute approximate surface area is 129 Å². The van der Waals surface area contributed by atoms with Gasteiger partial charge < -0.3 is 10.1 Å². The molecule has 112 valence electrons. The third-order valence-corrected chi connectivity index (χ3v) is 4.47. The van der Waals surface area contributed by atoms with Gasteiger partial charge in [0.15, 0.2) is 5.72 Å². The molecule has 1 fully saturated rings. The highest BCUT2D eigenvalue weighted by atomic mass is 16.5. The van der Waals surface area contributed by atoms with Crippen molar-refractivity contribution in [2.24, 2.45) is 0 Å². The molecule has 2 amide bonds. The number of hydrogen-bond donors (Lipinski definition) is 1. The second-order valence-corrected chi connectivity index (χ2v) is 6.19. The van der Waals surface area contributed by atoms with Crippen LogP contribution in [0, 0.1) is 6.92 Å². The first-order chi connectivity index (χ1) is 10.6. The number of urea groups is 1. The summed E-state index contributed by atoms with van der Waals surface area (Å²) in [7, 11) is 0. The van der Waals surface area contributed by atoms with Gasteiger partial charge in [-0.15, -0.1) is 0 Å². The molecule has 4 heteroatoms. The summed E-state index contributed by atoms with van der Waals surface area (Å²) >= 11 is 0. The molecule has 2 aliphatic heterocycles. The Morgan fingerprint density at radius 3 is 2.68 bits per heavy atom. The number of carbonyl (C=O) groups is 1. The summed E-state index contributed by atoms with van der Waals surface area (Å²) in [6, 6.07) is 15.7. The summed E-state index contributed by atoms with van der Waals surface area (Å²) in [5.41, 5.74) is 2.40. The molecule has 1 saturated heterocycles. The number of para-hydroxylation sites is 1. The molecule has 0 spiro atoms. The highest BCUT2D eigenvalue weighted by Gasteiger charge is 2.49. The Balaban J connectivity index is 1.80. The van der Waals surface area contributed by atoms with E-state index in [0.717, 1.165) is 23.4 Å². The van der Waals surface area contributed by atoms with E-state index in [1.807, 2.05) is 62.4 Å². The van der Waals surface area contributed by atoms with Gasteiger partial charge in [0.2, 0.25) is 0 Å². The number of hydrogen-bond acceptors (Lipinski definition) is 2. The van der Waals surface area contributed by atoms with E-state index in [1.54, 1.807) is 4.90 Å². The predicted molar refractivity (Wildman–Crippen MR) is 85.0 cm³/mol. The fraction of sp³-hybridized carbons (Fsp3) is 0.278. The number of benzene rings is 2. The molecule has 2 aromatic carbocycles. The maximum Gasteiger partial charge on any atom is 0.325 e. The zero-order valence-electron chi connectivity index (χ0n) is 12.7. The molecule has 0 unspecified atom stereocenters. The van der Waals surface area contributed by atoms with Crippen LogP contribution in [0.2, 0.25) is 0 Å². The van der Waals surface area contributed by atoms with Gasteiger partial charge in [0.1, 0.15) is 5.75 Å². The summed E-state index contributed by atoms with van der Waals surface area (Å²) < 4.78 is 6.22. The first kappa shape index (κ1) is 13.2. The van der Waals surface area contributed by atoms with Crippen LogP contribution in [0.4, 0.5) is 10.5 Å². The zero-order chi connectivity index (χ0) is 15.3. The number of aryl methyl sites for hydroxylation is 1. The maximum atomic E-state index is 12.6. The van der Waals surface area contributed by atoms with E-state index in [0.29, 0.717) is 0 Å². The van der Waals surface area contributed by atoms with Crippen LogP contribution in [-0.4, -0.2) is 11.8 Å². The summed E-state index contributed by atoms with van der Waals surface area (Å²) in [5, 5.41) is 3.10. The average molecular weight is 294 g/mol. The van der Waals surface area contributed by atoms with Crippen molar-refractivity contribution in [2.75, 3.05) is 4.90 Å². The average Bonchev–Trinajstić information content (AvgIpc) is 2.48. The van der Waals surface area contributed by atoms with Crippen molar-refractivity contribution in [3.05, 3.63) is 59.7 Å². The standard InChI is InChI=1S/C18H18N2O2/c1-12-7-9-13(10-8-12)20-17(21)19-15-11-18(20,2)22-16-6-4-3-5-14(15)16/h3-10,15H,11H2,1-2H3,(H,19,21)/t15-,18-/m0/s1. The highest BCUT2D eigenvalue weighted by Crippen LogP contribution is 2.45. The summed E-state index contributed by atoms with van der Waals surface area (Å²) in [5.74, 6) is 0.846. The summed E-state index contributed by atoms with van der Waals surface area (Å²) in [6.45, 7) is 4.01. The lowest BCUT2D eigenvalue weighted by Gasteiger charge is -2.50. The van der Waals surface area contributed by atoms with Crippen LogP contribution < -0.4 is 15.0 Å². The Morgan fingerprint density at radius 1 is 1.18 bits per heavy atom. The van der Waals surface area contributed by atoms with Crippen LogP contribution >= 0.6 is 0 Å². The van der Waals surface area contributed by atoms with E-state index in [1.165, 1.54) is 5.56 Å². The van der Waals surface area contributed by atoms with Gasteiger partial charge in [-0.2, -0.15) is 0 Å². The molecule has 0 radical (unpaired) electrons. The fourth-order valence-corrected chi connectivity index (χ4v) is 3.41. The number of nitrogens with one attached hydrogen (secondary N) is 1. The molecule has 2 bridgehead atoms. The van der Waals surface area contributed by atoms with Gasteiger partial charge in [0.05, 0.1) is 6.04 Å². The first-order valence-corrected chi connectivity index (χ1v) is 7.52. The van der Waals surface area contributed by atoms with Gasteiger partial charge in [0, 0.05) is 17.7 Å². The Hall–Kier alpha value is -2.49. The fourth-order valence-electron chi connectivity index (χ4n) is 3.41. The van der Waals surface area contributed by atoms with E-state index in [9.17, 15) is 4.79 Å². The third kappa shape index (κ3) is 1.87. The van der Waals surface area contributed by atoms with Crippen LogP contribution in [0.1, 0.15) is 30.5 Å². The molecule has 2 atom stereocenters. The molecule has 2 heterocycles. The lowest BCUT2D eigenvalue weighted by Crippen LogP contribution is -2.65. The lowest BCUT2D eigenvalue weighted by atomic mass is 9.90. The van der Waals surface area contributed by atoms with Gasteiger partial charge in [-0.1, -0.05) is 35.9 Å². The maximum absolute atomic E-state index is 12.6. The Morgan fingerprint density at radius 2 is 1.91 bits per heavy atom. The monoisotopic (exact) mass is 294 g/mol. The van der Waals surface area contributed by atoms with Crippen LogP contribution in [-0.2, 0) is 0 Å². The second-order valence-electron chi connectivity index (χ2n) is 6.19. The van der Waals surface area contributed by atoms with E-state index in [4.69, 9.17) is 4.74 Å². The number of carbonyl (C=O) groups excluding carboxylic acids is 1. The largest absolute Gasteiger partial charge is 0.467 e. The number of rotatable bonds is 1. The molecule has 0 saturated carbocycles. The van der Waals surface area contributed by atoms with E-state index in [2.05, 4.69) is 5.32 Å². The summed E-state index contributed by atoms with van der Waals surface area (Å²) in [4.78, 5) is 14.4. The molecule has 2 aliphatic rings. The molecule has 22 heavy (non-hydrogen) atoms. The Bertz CT molecular complexity index is 741. The first-order valence-electron chi connectivity index (χ1n) is 7.52. The van der Waals surface area contributed by atoms with Gasteiger partial charge in [-0.05, 0) is 32.0 Å². The number of ether oxygens (including phenoxy) is 1. The molecule has 1 N–H and O–H groups in total. The molecule has 0 aliphatic carbocycles. The van der Waals surface area contributed by atoms with Gasteiger partial charge >= 0.3 is 6.03 Å². The predicted octanol–water partition coefficient (Wildman–Crippen LogP) is 3.76. The minimum Gasteiger partial charge on any atom is -0.467 e. The van der Waals surface area contributed by atoms with Crippen molar-refractivity contribution in [3.63, 3.8) is 0 Å². The molecule has 0 aromatic heterocycles. The molecular weight excluding hydrogens is 276 g/mol. The minimum atomic E-state index is -0.670. The SMILES string of the molecule is Cc1ccc(N2C(=O)N[C@H]3C[C@]2(C)Oc2ccccc23)cc1. The third-order valence-electron chi connectivity index (χ3n) is 4.47. The van der Waals surface area contributed by atoms with Crippen molar-refractivity contribution in [1.82, 2.24) is 5.32 Å². The van der Waals surface area contributed by atoms with Crippen LogP contribution in [0.5, 0.6) is 5.75 Å². The normalized spacial score (nSPS) is 26.0. The van der Waals surface area contributed by atoms with Gasteiger partial charge in [-0.3, -0.25) is 4.90 Å². The molecular formula is C18H18N2O2. The minimum absolute atomic E-state index is 0.00384. The van der Waals surface area contributed by atoms with Crippen molar-refractivity contribution in [3.8, 4) is 5.75 Å². The molecule has 4 rings (SSSR count). The van der Waals surface area contributed by atoms with Crippen molar-refractivity contribution in [2.45, 2.75) is 32.0 Å². The number of amides is 2. The van der Waals surface area contributed by atoms with Crippen molar-refractivity contribution in [1.29, 1.82) is 0 Å². The van der Waals surface area contributed by atoms with Gasteiger partial charge in [-0.25, -0.2) is 4.79 Å². The summed E-state index contributed by atoms with van der Waals surface area (Å²) in [6.07, 6.45) is 0.726. The van der Waals surface area contributed by atoms with Crippen molar-refractivity contribution < 1.29 is 9.53 Å². The number of fused-ring (bicyclic) bond motifs is 4. The van der Waals surface area contributed by atoms with Crippen molar-refractivity contribution >= 4 is 11.7 Å². The Kier molecular flexibility index (Phi) is 2.70. The zero-order valence-corrected chi connectivity index (χ0v) is 12.7. The van der Waals surface area contributed by atoms with Crippen LogP contribution in [0.15, 0.2) is 48.5 Å². The molecule has 2 aromatic rings. The lowest BCUT2D eigenvalue weighted by molar-refractivity contribution is 0.0379. The van der Waals surface area contributed by atoms with E-state index < -0.39 is 5.72 Å². The topological polar surface area (TPSA) is 41.6 Å². The molecule has 4 nitrogen and oxygen atoms in total. The number of nitrogens with zero attached hydrogens (tertiary/aromatic N) is 1.